The minimum atomic E-state index is -0.179. The zero-order chi connectivity index (χ0) is 13.3. The van der Waals surface area contributed by atoms with Crippen LogP contribution in [0.2, 0.25) is 0 Å². The topological polar surface area (TPSA) is 17.1 Å². The van der Waals surface area contributed by atoms with Crippen LogP contribution in [0.1, 0.15) is 48.0 Å². The van der Waals surface area contributed by atoms with Gasteiger partial charge in [-0.15, -0.1) is 23.5 Å². The highest BCUT2D eigenvalue weighted by molar-refractivity contribution is 8.17. The zero-order valence-corrected chi connectivity index (χ0v) is 13.6. The average molecular weight is 274 g/mol. The van der Waals surface area contributed by atoms with E-state index in [9.17, 15) is 4.79 Å². The van der Waals surface area contributed by atoms with Crippen molar-refractivity contribution in [3.05, 3.63) is 0 Å². The molecular formula is C14H26OS2. The summed E-state index contributed by atoms with van der Waals surface area (Å²) in [5.41, 5.74) is 0.223. The maximum Gasteiger partial charge on any atom is 0.140 e. The number of hydrogen-bond donors (Lipinski definition) is 0. The second-order valence-corrected chi connectivity index (χ2v) is 9.81. The fraction of sp³-hybridized carbons (Fsp3) is 0.929. The van der Waals surface area contributed by atoms with Gasteiger partial charge in [0.25, 0.3) is 0 Å². The van der Waals surface area contributed by atoms with Gasteiger partial charge in [0.05, 0.1) is 4.58 Å². The molecule has 1 aliphatic rings. The molecule has 0 N–H and O–H groups in total. The van der Waals surface area contributed by atoms with Crippen LogP contribution in [0.3, 0.4) is 0 Å². The van der Waals surface area contributed by atoms with E-state index in [-0.39, 0.29) is 5.41 Å². The SMILES string of the molecule is CC(C)(C)C(=O)CC1SCC(C(C)(C)C)CS1. The highest BCUT2D eigenvalue weighted by Crippen LogP contribution is 2.43. The van der Waals surface area contributed by atoms with Gasteiger partial charge in [0.15, 0.2) is 0 Å². The Kier molecular flexibility index (Phi) is 5.05. The molecule has 0 amide bonds. The number of ketones is 1. The molecule has 0 aromatic rings. The number of carbonyl (C=O) groups excluding carboxylic acids is 1. The molecule has 0 aromatic heterocycles. The van der Waals surface area contributed by atoms with Gasteiger partial charge in [0.1, 0.15) is 5.78 Å². The largest absolute Gasteiger partial charge is 0.299 e. The van der Waals surface area contributed by atoms with Gasteiger partial charge in [0.2, 0.25) is 0 Å². The summed E-state index contributed by atoms with van der Waals surface area (Å²) >= 11 is 3.97. The van der Waals surface area contributed by atoms with Crippen molar-refractivity contribution in [2.45, 2.75) is 52.5 Å². The van der Waals surface area contributed by atoms with Crippen LogP contribution in [0.4, 0.5) is 0 Å². The number of thioether (sulfide) groups is 2. The van der Waals surface area contributed by atoms with Crippen molar-refractivity contribution in [2.75, 3.05) is 11.5 Å². The van der Waals surface area contributed by atoms with E-state index >= 15 is 0 Å². The Morgan fingerprint density at radius 1 is 1.06 bits per heavy atom. The lowest BCUT2D eigenvalue weighted by molar-refractivity contribution is -0.125. The zero-order valence-electron chi connectivity index (χ0n) is 12.0. The van der Waals surface area contributed by atoms with Gasteiger partial charge >= 0.3 is 0 Å². The molecule has 3 heteroatoms. The molecule has 1 aliphatic heterocycles. The van der Waals surface area contributed by atoms with Gasteiger partial charge in [-0.2, -0.15) is 0 Å². The lowest BCUT2D eigenvalue weighted by atomic mass is 9.83. The molecule has 0 bridgehead atoms. The molecule has 1 rings (SSSR count). The third kappa shape index (κ3) is 4.86. The molecule has 17 heavy (non-hydrogen) atoms. The molecule has 0 atom stereocenters. The van der Waals surface area contributed by atoms with Crippen LogP contribution < -0.4 is 0 Å². The summed E-state index contributed by atoms with van der Waals surface area (Å²) in [6, 6.07) is 0. The number of Topliss-reactive ketones (excluding diaryl/α,β-unsaturated/α-hetero) is 1. The van der Waals surface area contributed by atoms with Crippen LogP contribution in [0.25, 0.3) is 0 Å². The van der Waals surface area contributed by atoms with E-state index in [1.165, 1.54) is 11.5 Å². The average Bonchev–Trinajstić information content (AvgIpc) is 2.15. The molecule has 1 fully saturated rings. The van der Waals surface area contributed by atoms with Crippen LogP contribution in [-0.2, 0) is 4.79 Å². The van der Waals surface area contributed by atoms with Crippen LogP contribution in [0, 0.1) is 16.7 Å². The van der Waals surface area contributed by atoms with Crippen LogP contribution in [0.5, 0.6) is 0 Å². The van der Waals surface area contributed by atoms with Crippen molar-refractivity contribution < 1.29 is 4.79 Å². The van der Waals surface area contributed by atoms with Crippen molar-refractivity contribution in [3.8, 4) is 0 Å². The number of carbonyl (C=O) groups is 1. The second-order valence-electron chi connectivity index (χ2n) is 7.04. The Morgan fingerprint density at radius 2 is 1.53 bits per heavy atom. The molecule has 0 saturated carbocycles. The monoisotopic (exact) mass is 274 g/mol. The fourth-order valence-corrected chi connectivity index (χ4v) is 5.29. The second kappa shape index (κ2) is 5.56. The fourth-order valence-electron chi connectivity index (χ4n) is 1.62. The molecule has 0 radical (unpaired) electrons. The molecule has 100 valence electrons. The van der Waals surface area contributed by atoms with E-state index in [0.29, 0.717) is 15.8 Å². The predicted molar refractivity (Wildman–Crippen MR) is 80.7 cm³/mol. The van der Waals surface area contributed by atoms with Crippen LogP contribution >= 0.6 is 23.5 Å². The minimum Gasteiger partial charge on any atom is -0.299 e. The first kappa shape index (κ1) is 15.4. The molecule has 0 aliphatic carbocycles. The van der Waals surface area contributed by atoms with Crippen molar-refractivity contribution >= 4 is 29.3 Å². The number of hydrogen-bond acceptors (Lipinski definition) is 3. The first-order valence-electron chi connectivity index (χ1n) is 6.37. The van der Waals surface area contributed by atoms with Gasteiger partial charge in [-0.1, -0.05) is 41.5 Å². The van der Waals surface area contributed by atoms with Gasteiger partial charge in [-0.3, -0.25) is 4.79 Å². The standard InChI is InChI=1S/C14H26OS2/c1-13(2,3)10-8-16-12(17-9-10)7-11(15)14(4,5)6/h10,12H,7-9H2,1-6H3. The summed E-state index contributed by atoms with van der Waals surface area (Å²) in [6.45, 7) is 13.0. The first-order valence-corrected chi connectivity index (χ1v) is 8.47. The van der Waals surface area contributed by atoms with Crippen LogP contribution in [-0.4, -0.2) is 21.9 Å². The van der Waals surface area contributed by atoms with Crippen molar-refractivity contribution in [3.63, 3.8) is 0 Å². The third-order valence-corrected chi connectivity index (χ3v) is 6.46. The third-order valence-electron chi connectivity index (χ3n) is 3.38. The summed E-state index contributed by atoms with van der Waals surface area (Å²) in [7, 11) is 0. The van der Waals surface area contributed by atoms with Crippen molar-refractivity contribution in [1.82, 2.24) is 0 Å². The molecule has 1 heterocycles. The lowest BCUT2D eigenvalue weighted by Crippen LogP contribution is -2.31. The molecule has 0 unspecified atom stereocenters. The molecular weight excluding hydrogens is 248 g/mol. The summed E-state index contributed by atoms with van der Waals surface area (Å²) in [6.07, 6.45) is 0.732. The number of rotatable bonds is 2. The van der Waals surface area contributed by atoms with E-state index in [0.717, 1.165) is 12.3 Å². The van der Waals surface area contributed by atoms with Crippen molar-refractivity contribution in [1.29, 1.82) is 0 Å². The maximum atomic E-state index is 12.0. The summed E-state index contributed by atoms with van der Waals surface area (Å²) in [5, 5.41) is 0. The Balaban J connectivity index is 2.41. The highest BCUT2D eigenvalue weighted by Gasteiger charge is 2.33. The molecule has 0 aromatic carbocycles. The van der Waals surface area contributed by atoms with Gasteiger partial charge in [-0.05, 0) is 22.8 Å². The van der Waals surface area contributed by atoms with Gasteiger partial charge < -0.3 is 0 Å². The predicted octanol–water partition coefficient (Wildman–Crippen LogP) is 4.46. The van der Waals surface area contributed by atoms with Gasteiger partial charge in [0, 0.05) is 11.8 Å². The summed E-state index contributed by atoms with van der Waals surface area (Å²) in [5.74, 6) is 3.59. The van der Waals surface area contributed by atoms with Crippen molar-refractivity contribution in [2.24, 2.45) is 16.7 Å². The Bertz CT molecular complexity index is 265. The first-order chi connectivity index (χ1) is 7.60. The highest BCUT2D eigenvalue weighted by atomic mass is 32.2. The van der Waals surface area contributed by atoms with Crippen LogP contribution in [0.15, 0.2) is 0 Å². The molecule has 0 spiro atoms. The Hall–Kier alpha value is 0.370. The summed E-state index contributed by atoms with van der Waals surface area (Å²) < 4.78 is 0.486. The van der Waals surface area contributed by atoms with E-state index in [4.69, 9.17) is 0 Å². The minimum absolute atomic E-state index is 0.179. The summed E-state index contributed by atoms with van der Waals surface area (Å²) in [4.78, 5) is 12.0. The lowest BCUT2D eigenvalue weighted by Gasteiger charge is -2.36. The van der Waals surface area contributed by atoms with Gasteiger partial charge in [-0.25, -0.2) is 0 Å². The normalized spacial score (nSPS) is 26.9. The Labute approximate surface area is 115 Å². The van der Waals surface area contributed by atoms with E-state index in [1.807, 2.05) is 44.3 Å². The molecule has 1 nitrogen and oxygen atoms in total. The smallest absolute Gasteiger partial charge is 0.140 e. The molecule has 1 saturated heterocycles. The van der Waals surface area contributed by atoms with E-state index in [2.05, 4.69) is 20.8 Å². The Morgan fingerprint density at radius 3 is 1.88 bits per heavy atom. The van der Waals surface area contributed by atoms with E-state index in [1.54, 1.807) is 0 Å². The quantitative estimate of drug-likeness (QED) is 0.740. The maximum absolute atomic E-state index is 12.0. The van der Waals surface area contributed by atoms with E-state index < -0.39 is 0 Å².